The standard InChI is InChI=1S/C15H18O6/c1-18-10-21-15-12(19-2)8-11(9-13(15)20-3)6-4-5-7-14(16)17/h4-9H,10H2,1-3H3,(H,16,17). The van der Waals surface area contributed by atoms with Crippen LogP contribution in [0, 0.1) is 0 Å². The van der Waals surface area contributed by atoms with Crippen LogP contribution in [0.2, 0.25) is 0 Å². The molecule has 114 valence electrons. The van der Waals surface area contributed by atoms with E-state index in [1.807, 2.05) is 0 Å². The number of benzene rings is 1. The van der Waals surface area contributed by atoms with Crippen LogP contribution in [-0.4, -0.2) is 39.2 Å². The number of allylic oxidation sites excluding steroid dienone is 2. The molecule has 0 heterocycles. The van der Waals surface area contributed by atoms with Gasteiger partial charge in [0, 0.05) is 13.2 Å². The van der Waals surface area contributed by atoms with Crippen LogP contribution in [0.1, 0.15) is 5.56 Å². The second-order valence-electron chi connectivity index (χ2n) is 3.86. The molecule has 6 heteroatoms. The molecule has 0 aliphatic heterocycles. The minimum Gasteiger partial charge on any atom is -0.493 e. The van der Waals surface area contributed by atoms with E-state index in [-0.39, 0.29) is 6.79 Å². The molecule has 0 spiro atoms. The van der Waals surface area contributed by atoms with Gasteiger partial charge in [-0.1, -0.05) is 18.2 Å². The highest BCUT2D eigenvalue weighted by Gasteiger charge is 2.13. The minimum atomic E-state index is -1.00. The van der Waals surface area contributed by atoms with E-state index in [9.17, 15) is 4.79 Å². The fourth-order valence-corrected chi connectivity index (χ4v) is 1.56. The summed E-state index contributed by atoms with van der Waals surface area (Å²) in [5, 5.41) is 8.50. The van der Waals surface area contributed by atoms with E-state index in [0.29, 0.717) is 17.2 Å². The fourth-order valence-electron chi connectivity index (χ4n) is 1.56. The SMILES string of the molecule is COCOc1c(OC)cc(C=CC=CC(=O)O)cc1OC. The number of carbonyl (C=O) groups is 1. The number of aliphatic carboxylic acids is 1. The van der Waals surface area contributed by atoms with Crippen molar-refractivity contribution < 1.29 is 28.8 Å². The number of hydrogen-bond acceptors (Lipinski definition) is 5. The molecule has 0 saturated carbocycles. The third-order valence-corrected chi connectivity index (χ3v) is 2.44. The molecular weight excluding hydrogens is 276 g/mol. The first-order valence-corrected chi connectivity index (χ1v) is 6.07. The Hall–Kier alpha value is -2.47. The van der Waals surface area contributed by atoms with Crippen molar-refractivity contribution in [3.63, 3.8) is 0 Å². The van der Waals surface area contributed by atoms with Crippen LogP contribution < -0.4 is 14.2 Å². The maximum Gasteiger partial charge on any atom is 0.328 e. The molecule has 0 bridgehead atoms. The van der Waals surface area contributed by atoms with Gasteiger partial charge in [0.05, 0.1) is 14.2 Å². The van der Waals surface area contributed by atoms with Crippen LogP contribution in [0.25, 0.3) is 6.08 Å². The normalized spacial score (nSPS) is 11.0. The lowest BCUT2D eigenvalue weighted by atomic mass is 10.1. The summed E-state index contributed by atoms with van der Waals surface area (Å²) >= 11 is 0. The van der Waals surface area contributed by atoms with Crippen molar-refractivity contribution >= 4 is 12.0 Å². The Morgan fingerprint density at radius 2 is 1.76 bits per heavy atom. The number of carboxylic acid groups (broad SMARTS) is 1. The quantitative estimate of drug-likeness (QED) is 0.450. The molecule has 0 aromatic heterocycles. The molecule has 21 heavy (non-hydrogen) atoms. The molecule has 1 aromatic carbocycles. The van der Waals surface area contributed by atoms with Crippen molar-refractivity contribution in [1.82, 2.24) is 0 Å². The zero-order chi connectivity index (χ0) is 15.7. The first kappa shape index (κ1) is 16.6. The average Bonchev–Trinajstić information content (AvgIpc) is 2.48. The maximum absolute atomic E-state index is 10.4. The Balaban J connectivity index is 3.05. The van der Waals surface area contributed by atoms with Gasteiger partial charge in [0.1, 0.15) is 0 Å². The highest BCUT2D eigenvalue weighted by molar-refractivity contribution is 5.80. The van der Waals surface area contributed by atoms with Gasteiger partial charge in [0.2, 0.25) is 5.75 Å². The van der Waals surface area contributed by atoms with Crippen molar-refractivity contribution in [3.05, 3.63) is 35.9 Å². The van der Waals surface area contributed by atoms with E-state index in [0.717, 1.165) is 11.6 Å². The monoisotopic (exact) mass is 294 g/mol. The Bertz CT molecular complexity index is 508. The fraction of sp³-hybridized carbons (Fsp3) is 0.267. The van der Waals surface area contributed by atoms with Crippen LogP contribution in [-0.2, 0) is 9.53 Å². The Morgan fingerprint density at radius 1 is 1.14 bits per heavy atom. The maximum atomic E-state index is 10.4. The smallest absolute Gasteiger partial charge is 0.328 e. The van der Waals surface area contributed by atoms with Crippen molar-refractivity contribution in [2.45, 2.75) is 0 Å². The largest absolute Gasteiger partial charge is 0.493 e. The molecule has 0 saturated heterocycles. The van der Waals surface area contributed by atoms with Gasteiger partial charge >= 0.3 is 5.97 Å². The van der Waals surface area contributed by atoms with Crippen molar-refractivity contribution in [2.24, 2.45) is 0 Å². The summed E-state index contributed by atoms with van der Waals surface area (Å²) in [5.74, 6) is 0.430. The van der Waals surface area contributed by atoms with Crippen molar-refractivity contribution in [2.75, 3.05) is 28.1 Å². The first-order valence-electron chi connectivity index (χ1n) is 6.07. The number of carboxylic acids is 1. The summed E-state index contributed by atoms with van der Waals surface area (Å²) in [4.78, 5) is 10.4. The van der Waals surface area contributed by atoms with Crippen LogP contribution >= 0.6 is 0 Å². The Kier molecular flexibility index (Phi) is 6.83. The van der Waals surface area contributed by atoms with Crippen LogP contribution in [0.4, 0.5) is 0 Å². The molecule has 0 atom stereocenters. The van der Waals surface area contributed by atoms with E-state index in [1.54, 1.807) is 24.3 Å². The average molecular weight is 294 g/mol. The lowest BCUT2D eigenvalue weighted by Crippen LogP contribution is -2.03. The molecule has 1 aromatic rings. The summed E-state index contributed by atoms with van der Waals surface area (Å²) < 4.78 is 20.8. The molecule has 0 aliphatic rings. The Morgan fingerprint density at radius 3 is 2.24 bits per heavy atom. The summed E-state index contributed by atoms with van der Waals surface area (Å²) in [6, 6.07) is 3.50. The Labute approximate surface area is 123 Å². The second kappa shape index (κ2) is 8.65. The number of rotatable bonds is 8. The van der Waals surface area contributed by atoms with E-state index >= 15 is 0 Å². The molecule has 0 unspecified atom stereocenters. The van der Waals surface area contributed by atoms with Gasteiger partial charge in [-0.05, 0) is 17.7 Å². The van der Waals surface area contributed by atoms with Gasteiger partial charge < -0.3 is 24.1 Å². The number of ether oxygens (including phenoxy) is 4. The zero-order valence-corrected chi connectivity index (χ0v) is 12.2. The predicted octanol–water partition coefficient (Wildman–Crippen LogP) is 2.34. The highest BCUT2D eigenvalue weighted by atomic mass is 16.7. The third kappa shape index (κ3) is 5.19. The molecule has 1 N–H and O–H groups in total. The number of hydrogen-bond donors (Lipinski definition) is 1. The highest BCUT2D eigenvalue weighted by Crippen LogP contribution is 2.38. The van der Waals surface area contributed by atoms with E-state index < -0.39 is 5.97 Å². The zero-order valence-electron chi connectivity index (χ0n) is 12.2. The lowest BCUT2D eigenvalue weighted by Gasteiger charge is -2.14. The molecule has 1 rings (SSSR count). The van der Waals surface area contributed by atoms with Gasteiger partial charge in [-0.15, -0.1) is 0 Å². The second-order valence-corrected chi connectivity index (χ2v) is 3.86. The molecule has 0 fully saturated rings. The molecule has 0 amide bonds. The van der Waals surface area contributed by atoms with Gasteiger partial charge in [-0.2, -0.15) is 0 Å². The topological polar surface area (TPSA) is 74.2 Å². The van der Waals surface area contributed by atoms with Gasteiger partial charge in [-0.3, -0.25) is 0 Å². The first-order chi connectivity index (χ1) is 10.1. The molecular formula is C15H18O6. The van der Waals surface area contributed by atoms with Crippen molar-refractivity contribution in [1.29, 1.82) is 0 Å². The summed E-state index contributed by atoms with van der Waals surface area (Å²) in [6.45, 7) is 0.0727. The van der Waals surface area contributed by atoms with Crippen LogP contribution in [0.15, 0.2) is 30.4 Å². The van der Waals surface area contributed by atoms with Crippen LogP contribution in [0.5, 0.6) is 17.2 Å². The van der Waals surface area contributed by atoms with Gasteiger partial charge in [0.15, 0.2) is 18.3 Å². The lowest BCUT2D eigenvalue weighted by molar-refractivity contribution is -0.131. The summed E-state index contributed by atoms with van der Waals surface area (Å²) in [6.07, 6.45) is 5.81. The van der Waals surface area contributed by atoms with Gasteiger partial charge in [-0.25, -0.2) is 4.79 Å². The minimum absolute atomic E-state index is 0.0727. The van der Waals surface area contributed by atoms with Gasteiger partial charge in [0.25, 0.3) is 0 Å². The number of methoxy groups -OCH3 is 3. The van der Waals surface area contributed by atoms with Crippen molar-refractivity contribution in [3.8, 4) is 17.2 Å². The van der Waals surface area contributed by atoms with E-state index in [2.05, 4.69) is 0 Å². The molecule has 0 aliphatic carbocycles. The third-order valence-electron chi connectivity index (χ3n) is 2.44. The molecule has 0 radical (unpaired) electrons. The van der Waals surface area contributed by atoms with E-state index in [4.69, 9.17) is 24.1 Å². The van der Waals surface area contributed by atoms with E-state index in [1.165, 1.54) is 27.4 Å². The molecule has 6 nitrogen and oxygen atoms in total. The summed E-state index contributed by atoms with van der Waals surface area (Å²) in [5.41, 5.74) is 0.781. The predicted molar refractivity (Wildman–Crippen MR) is 77.9 cm³/mol. The summed E-state index contributed by atoms with van der Waals surface area (Å²) in [7, 11) is 4.56. The van der Waals surface area contributed by atoms with Crippen LogP contribution in [0.3, 0.4) is 0 Å².